The number of hydrogen-bond acceptors (Lipinski definition) is 9. The normalized spacial score (nSPS) is 17.9. The Morgan fingerprint density at radius 2 is 1.62 bits per heavy atom. The number of pyridine rings is 2. The molecule has 7 rings (SSSR count). The molecule has 2 amide bonds. The van der Waals surface area contributed by atoms with E-state index in [2.05, 4.69) is 59.5 Å². The molecule has 2 atom stereocenters. The van der Waals surface area contributed by atoms with Crippen LogP contribution >= 0.6 is 0 Å². The van der Waals surface area contributed by atoms with Crippen LogP contribution in [0.5, 0.6) is 0 Å². The molecule has 52 heavy (non-hydrogen) atoms. The molecule has 4 aromatic heterocycles. The number of likely N-dealkylation sites (tertiary alicyclic amines) is 2. The highest BCUT2D eigenvalue weighted by molar-refractivity contribution is 5.75. The lowest BCUT2D eigenvalue weighted by Gasteiger charge is -2.42. The maximum absolute atomic E-state index is 12.5. The summed E-state index contributed by atoms with van der Waals surface area (Å²) in [7, 11) is 0. The molecule has 270 valence electrons. The van der Waals surface area contributed by atoms with Gasteiger partial charge in [-0.2, -0.15) is 5.10 Å². The summed E-state index contributed by atoms with van der Waals surface area (Å²) in [5.74, 6) is 0.498. The molecule has 0 unspecified atom stereocenters. The van der Waals surface area contributed by atoms with Crippen molar-refractivity contribution in [2.45, 2.75) is 78.2 Å². The third kappa shape index (κ3) is 7.98. The van der Waals surface area contributed by atoms with Crippen LogP contribution in [0.1, 0.15) is 71.9 Å². The predicted molar refractivity (Wildman–Crippen MR) is 201 cm³/mol. The van der Waals surface area contributed by atoms with Crippen LogP contribution < -0.4 is 10.6 Å². The van der Waals surface area contributed by atoms with Gasteiger partial charge in [0.25, 0.3) is 0 Å². The van der Waals surface area contributed by atoms with Crippen LogP contribution in [0.4, 0.5) is 16.4 Å². The number of aromatic nitrogens is 6. The molecule has 2 saturated heterocycles. The zero-order chi connectivity index (χ0) is 36.0. The molecule has 0 spiro atoms. The number of rotatable bonds is 12. The molecule has 0 radical (unpaired) electrons. The van der Waals surface area contributed by atoms with Crippen LogP contribution in [0.25, 0.3) is 11.3 Å². The van der Waals surface area contributed by atoms with Crippen LogP contribution in [0.2, 0.25) is 0 Å². The Morgan fingerprint density at radius 3 is 2.29 bits per heavy atom. The number of ether oxygens (including phenoxy) is 1. The third-order valence-electron chi connectivity index (χ3n) is 10.2. The molecule has 1 aromatic carbocycles. The largest absolute Gasteiger partial charge is 0.375 e. The first-order valence-electron chi connectivity index (χ1n) is 18.3. The molecular weight excluding hydrogens is 653 g/mol. The number of nitrogens with one attached hydrogen (secondary N) is 2. The Labute approximate surface area is 305 Å². The second kappa shape index (κ2) is 16.0. The van der Waals surface area contributed by atoms with Crippen molar-refractivity contribution < 1.29 is 9.53 Å². The van der Waals surface area contributed by atoms with Crippen LogP contribution in [0.3, 0.4) is 0 Å². The highest BCUT2D eigenvalue weighted by Crippen LogP contribution is 2.42. The summed E-state index contributed by atoms with van der Waals surface area (Å²) < 4.78 is 7.54. The summed E-state index contributed by atoms with van der Waals surface area (Å²) in [6.07, 6.45) is 12.8. The number of urea groups is 1. The Bertz CT molecular complexity index is 1940. The van der Waals surface area contributed by atoms with Gasteiger partial charge in [-0.15, -0.1) is 0 Å². The van der Waals surface area contributed by atoms with Crippen LogP contribution in [-0.4, -0.2) is 77.9 Å². The van der Waals surface area contributed by atoms with E-state index in [1.54, 1.807) is 11.1 Å². The Kier molecular flexibility index (Phi) is 10.8. The summed E-state index contributed by atoms with van der Waals surface area (Å²) in [5.41, 5.74) is 9.49. The van der Waals surface area contributed by atoms with Crippen LogP contribution in [-0.2, 0) is 17.8 Å². The summed E-state index contributed by atoms with van der Waals surface area (Å²) in [5, 5.41) is 11.1. The Balaban J connectivity index is 0.994. The molecule has 12 heteroatoms. The monoisotopic (exact) mass is 700 g/mol. The van der Waals surface area contributed by atoms with E-state index in [0.717, 1.165) is 65.3 Å². The van der Waals surface area contributed by atoms with Crippen molar-refractivity contribution in [1.82, 2.24) is 44.8 Å². The van der Waals surface area contributed by atoms with Crippen molar-refractivity contribution >= 4 is 17.7 Å². The minimum atomic E-state index is -0.0618. The van der Waals surface area contributed by atoms with E-state index in [-0.39, 0.29) is 24.2 Å². The summed E-state index contributed by atoms with van der Waals surface area (Å²) in [6, 6.07) is 16.8. The highest BCUT2D eigenvalue weighted by Gasteiger charge is 2.35. The molecule has 5 aromatic rings. The van der Waals surface area contributed by atoms with Gasteiger partial charge in [0, 0.05) is 50.0 Å². The average Bonchev–Trinajstić information content (AvgIpc) is 3.59. The number of amides is 2. The maximum atomic E-state index is 12.5. The molecule has 0 aliphatic carbocycles. The van der Waals surface area contributed by atoms with Crippen molar-refractivity contribution in [3.8, 4) is 11.3 Å². The van der Waals surface area contributed by atoms with Gasteiger partial charge in [0.15, 0.2) is 0 Å². The Hall–Kier alpha value is -5.20. The second-order valence-electron chi connectivity index (χ2n) is 13.8. The maximum Gasteiger partial charge on any atom is 0.317 e. The van der Waals surface area contributed by atoms with Gasteiger partial charge in [-0.25, -0.2) is 14.8 Å². The molecule has 0 saturated carbocycles. The van der Waals surface area contributed by atoms with Crippen LogP contribution in [0.15, 0.2) is 79.5 Å². The molecule has 12 nitrogen and oxygen atoms in total. The topological polar surface area (TPSA) is 126 Å². The van der Waals surface area contributed by atoms with Gasteiger partial charge in [-0.1, -0.05) is 24.3 Å². The number of anilines is 2. The van der Waals surface area contributed by atoms with Crippen molar-refractivity contribution in [2.24, 2.45) is 0 Å². The molecule has 2 fully saturated rings. The summed E-state index contributed by atoms with van der Waals surface area (Å²) >= 11 is 0. The first kappa shape index (κ1) is 35.2. The van der Waals surface area contributed by atoms with E-state index >= 15 is 0 Å². The van der Waals surface area contributed by atoms with E-state index in [1.165, 1.54) is 11.1 Å². The number of carbonyl (C=O) groups excluding carboxylic acids is 1. The van der Waals surface area contributed by atoms with E-state index in [4.69, 9.17) is 24.8 Å². The highest BCUT2D eigenvalue weighted by atomic mass is 16.5. The van der Waals surface area contributed by atoms with Crippen molar-refractivity contribution in [1.29, 1.82) is 0 Å². The lowest BCUT2D eigenvalue weighted by molar-refractivity contribution is -0.0300. The van der Waals surface area contributed by atoms with Gasteiger partial charge in [-0.05, 0) is 93.5 Å². The van der Waals surface area contributed by atoms with E-state index in [1.807, 2.05) is 66.7 Å². The number of aryl methyl sites for hydroxylation is 3. The fourth-order valence-electron chi connectivity index (χ4n) is 7.40. The first-order valence-corrected chi connectivity index (χ1v) is 18.3. The predicted octanol–water partition coefficient (Wildman–Crippen LogP) is 6.70. The zero-order valence-electron chi connectivity index (χ0n) is 30.5. The molecular formula is C40H48N10O2. The fraction of sp³-hybridized carbons (Fsp3) is 0.400. The van der Waals surface area contributed by atoms with Gasteiger partial charge in [-0.3, -0.25) is 19.5 Å². The number of nitrogens with zero attached hydrogens (tertiary/aromatic N) is 8. The number of hydrogen-bond donors (Lipinski definition) is 2. The fourth-order valence-corrected chi connectivity index (χ4v) is 7.40. The summed E-state index contributed by atoms with van der Waals surface area (Å²) in [4.78, 5) is 35.9. The molecule has 2 N–H and O–H groups in total. The lowest BCUT2D eigenvalue weighted by Crippen LogP contribution is -2.57. The van der Waals surface area contributed by atoms with Gasteiger partial charge in [0.05, 0.1) is 66.8 Å². The number of carbonyl (C=O) groups is 1. The second-order valence-corrected chi connectivity index (χ2v) is 13.8. The Morgan fingerprint density at radius 1 is 0.885 bits per heavy atom. The zero-order valence-corrected chi connectivity index (χ0v) is 30.5. The van der Waals surface area contributed by atoms with E-state index < -0.39 is 0 Å². The molecule has 2 aliphatic rings. The van der Waals surface area contributed by atoms with Crippen molar-refractivity contribution in [3.63, 3.8) is 0 Å². The van der Waals surface area contributed by atoms with Gasteiger partial charge >= 0.3 is 6.03 Å². The van der Waals surface area contributed by atoms with Crippen molar-refractivity contribution in [2.75, 3.05) is 31.6 Å². The average molecular weight is 701 g/mol. The summed E-state index contributed by atoms with van der Waals surface area (Å²) in [6.45, 7) is 12.3. The minimum absolute atomic E-state index is 0.0618. The van der Waals surface area contributed by atoms with E-state index in [9.17, 15) is 4.79 Å². The van der Waals surface area contributed by atoms with Crippen molar-refractivity contribution in [3.05, 3.63) is 113 Å². The van der Waals surface area contributed by atoms with Gasteiger partial charge < -0.3 is 20.3 Å². The lowest BCUT2D eigenvalue weighted by atomic mass is 9.89. The SMILES string of the molecule is CCOC1CN(C(=O)NCc2ccc(-c3ccnc(Nc4cnn(CCN5[C@@H](c6ncccc6C)CCC[C@H]5c5ncccc5C)c4)n3)cc2C)C1. The minimum Gasteiger partial charge on any atom is -0.375 e. The standard InChI is InChI=1S/C40H48N10O2/c1-5-52-33-25-48(26-33)40(51)44-22-31-14-13-30(21-29(31)4)34-15-18-43-39(47-34)46-32-23-45-49(24-32)19-20-50-35(37-27(2)9-7-16-41-37)11-6-12-36(50)38-28(3)10-8-17-42-38/h7-10,13-18,21,23-24,33,35-36H,5-6,11-12,19-20,22,25-26H2,1-4H3,(H,44,51)(H,43,46,47)/t35-,36+. The molecule has 0 bridgehead atoms. The van der Waals surface area contributed by atoms with Gasteiger partial charge in [0.2, 0.25) is 5.95 Å². The first-order chi connectivity index (χ1) is 25.4. The smallest absolute Gasteiger partial charge is 0.317 e. The molecule has 2 aliphatic heterocycles. The van der Waals surface area contributed by atoms with Gasteiger partial charge in [0.1, 0.15) is 0 Å². The number of piperidine rings is 1. The quantitative estimate of drug-likeness (QED) is 0.146. The third-order valence-corrected chi connectivity index (χ3v) is 10.2. The molecule has 6 heterocycles. The van der Waals surface area contributed by atoms with E-state index in [0.29, 0.717) is 38.7 Å². The van der Waals surface area contributed by atoms with Crippen LogP contribution in [0, 0.1) is 20.8 Å². The number of benzene rings is 1.